The van der Waals surface area contributed by atoms with E-state index >= 15 is 0 Å². The molecule has 90 valence electrons. The Labute approximate surface area is 101 Å². The number of aromatic nitrogens is 1. The monoisotopic (exact) mass is 237 g/mol. The number of hydrogen-bond acceptors (Lipinski definition) is 2. The predicted molar refractivity (Wildman–Crippen MR) is 71.1 cm³/mol. The molecule has 16 heavy (non-hydrogen) atoms. The van der Waals surface area contributed by atoms with Gasteiger partial charge in [0.2, 0.25) is 0 Å². The van der Waals surface area contributed by atoms with Gasteiger partial charge < -0.3 is 4.43 Å². The lowest BCUT2D eigenvalue weighted by molar-refractivity contribution is 0.0867. The summed E-state index contributed by atoms with van der Waals surface area (Å²) in [5.74, 6) is 0. The first-order chi connectivity index (χ1) is 7.39. The molecule has 0 spiro atoms. The zero-order chi connectivity index (χ0) is 12.2. The first kappa shape index (κ1) is 13.4. The van der Waals surface area contributed by atoms with Crippen LogP contribution in [0.15, 0.2) is 24.5 Å². The molecule has 0 aliphatic heterocycles. The molecule has 1 unspecified atom stereocenters. The van der Waals surface area contributed by atoms with Crippen molar-refractivity contribution in [1.82, 2.24) is 4.98 Å². The van der Waals surface area contributed by atoms with E-state index in [2.05, 4.69) is 51.0 Å². The molecular weight excluding hydrogens is 214 g/mol. The van der Waals surface area contributed by atoms with E-state index in [1.54, 1.807) is 0 Å². The van der Waals surface area contributed by atoms with Crippen molar-refractivity contribution < 1.29 is 4.43 Å². The van der Waals surface area contributed by atoms with Crippen molar-refractivity contribution in [2.24, 2.45) is 5.41 Å². The summed E-state index contributed by atoms with van der Waals surface area (Å²) in [4.78, 5) is 4.04. The number of rotatable bonds is 4. The van der Waals surface area contributed by atoms with Gasteiger partial charge in [0.25, 0.3) is 0 Å². The van der Waals surface area contributed by atoms with Crippen LogP contribution in [-0.4, -0.2) is 20.1 Å². The minimum Gasteiger partial charge on any atom is -0.417 e. The Hall–Kier alpha value is -0.673. The Kier molecular flexibility index (Phi) is 4.68. The third kappa shape index (κ3) is 4.45. The van der Waals surface area contributed by atoms with Gasteiger partial charge in [-0.1, -0.05) is 20.8 Å². The Morgan fingerprint density at radius 2 is 1.81 bits per heavy atom. The molecule has 0 saturated carbocycles. The molecule has 0 amide bonds. The number of pyridine rings is 1. The summed E-state index contributed by atoms with van der Waals surface area (Å²) in [6.07, 6.45) is 4.99. The fourth-order valence-electron chi connectivity index (χ4n) is 1.62. The third-order valence-corrected chi connectivity index (χ3v) is 3.45. The minimum absolute atomic E-state index is 0.195. The third-order valence-electron chi connectivity index (χ3n) is 2.57. The van der Waals surface area contributed by atoms with Crippen LogP contribution in [0.2, 0.25) is 13.1 Å². The second kappa shape index (κ2) is 5.59. The molecule has 0 fully saturated rings. The highest BCUT2D eigenvalue weighted by atomic mass is 28.3. The summed E-state index contributed by atoms with van der Waals surface area (Å²) in [7, 11) is -0.985. The van der Waals surface area contributed by atoms with Gasteiger partial charge in [0.15, 0.2) is 9.04 Å². The van der Waals surface area contributed by atoms with Crippen LogP contribution in [0.3, 0.4) is 0 Å². The topological polar surface area (TPSA) is 22.1 Å². The van der Waals surface area contributed by atoms with E-state index in [1.165, 1.54) is 5.56 Å². The Balaban J connectivity index is 2.72. The zero-order valence-electron chi connectivity index (χ0n) is 11.0. The van der Waals surface area contributed by atoms with Gasteiger partial charge >= 0.3 is 0 Å². The predicted octanol–water partition coefficient (Wildman–Crippen LogP) is 3.04. The maximum absolute atomic E-state index is 6.14. The summed E-state index contributed by atoms with van der Waals surface area (Å²) in [6, 6.07) is 4.15. The van der Waals surface area contributed by atoms with Gasteiger partial charge in [0, 0.05) is 12.4 Å². The van der Waals surface area contributed by atoms with Crippen LogP contribution < -0.4 is 0 Å². The molecular formula is C13H23NOSi. The van der Waals surface area contributed by atoms with E-state index in [0.29, 0.717) is 6.10 Å². The fraction of sp³-hybridized carbons (Fsp3) is 0.615. The maximum atomic E-state index is 6.14. The van der Waals surface area contributed by atoms with E-state index in [4.69, 9.17) is 4.43 Å². The quantitative estimate of drug-likeness (QED) is 0.751. The van der Waals surface area contributed by atoms with Crippen LogP contribution in [0.25, 0.3) is 0 Å². The highest BCUT2D eigenvalue weighted by Crippen LogP contribution is 2.26. The van der Waals surface area contributed by atoms with Gasteiger partial charge in [-0.3, -0.25) is 4.98 Å². The molecule has 3 heteroatoms. The van der Waals surface area contributed by atoms with E-state index in [1.807, 2.05) is 12.4 Å². The summed E-state index contributed by atoms with van der Waals surface area (Å²) >= 11 is 0. The van der Waals surface area contributed by atoms with Gasteiger partial charge in [-0.2, -0.15) is 0 Å². The van der Waals surface area contributed by atoms with Crippen molar-refractivity contribution in [2.75, 3.05) is 0 Å². The van der Waals surface area contributed by atoms with Gasteiger partial charge in [-0.05, 0) is 42.6 Å². The summed E-state index contributed by atoms with van der Waals surface area (Å²) < 4.78 is 6.14. The lowest BCUT2D eigenvalue weighted by Crippen LogP contribution is -2.35. The van der Waals surface area contributed by atoms with Crippen molar-refractivity contribution in [3.63, 3.8) is 0 Å². The van der Waals surface area contributed by atoms with Crippen LogP contribution in [0.1, 0.15) is 26.3 Å². The first-order valence-corrected chi connectivity index (χ1v) is 8.72. The Morgan fingerprint density at radius 3 is 2.25 bits per heavy atom. The molecule has 0 saturated heterocycles. The van der Waals surface area contributed by atoms with Crippen LogP contribution in [0.4, 0.5) is 0 Å². The van der Waals surface area contributed by atoms with Crippen LogP contribution in [-0.2, 0) is 10.8 Å². The lowest BCUT2D eigenvalue weighted by atomic mass is 9.85. The molecule has 0 radical (unpaired) electrons. The molecule has 1 heterocycles. The average Bonchev–Trinajstić information content (AvgIpc) is 2.16. The lowest BCUT2D eigenvalue weighted by Gasteiger charge is -2.32. The van der Waals surface area contributed by atoms with Gasteiger partial charge in [0.1, 0.15) is 0 Å². The molecule has 0 bridgehead atoms. The van der Waals surface area contributed by atoms with Gasteiger partial charge in [0.05, 0.1) is 6.10 Å². The van der Waals surface area contributed by atoms with Crippen molar-refractivity contribution in [1.29, 1.82) is 0 Å². The molecule has 0 aromatic carbocycles. The zero-order valence-corrected chi connectivity index (χ0v) is 12.2. The maximum Gasteiger partial charge on any atom is 0.171 e. The fourth-order valence-corrected chi connectivity index (χ4v) is 2.78. The second-order valence-electron chi connectivity index (χ2n) is 5.60. The average molecular weight is 237 g/mol. The standard InChI is InChI=1S/C13H23NOSi/c1-13(2,3)12(15-16(4)5)10-11-6-8-14-9-7-11/h6-9,12,16H,10H2,1-5H3. The summed E-state index contributed by atoms with van der Waals surface area (Å²) in [6.45, 7) is 11.2. The van der Waals surface area contributed by atoms with E-state index in [0.717, 1.165) is 6.42 Å². The largest absolute Gasteiger partial charge is 0.417 e. The summed E-state index contributed by atoms with van der Waals surface area (Å²) in [5.41, 5.74) is 1.50. The van der Waals surface area contributed by atoms with Crippen molar-refractivity contribution in [2.45, 2.75) is 46.4 Å². The van der Waals surface area contributed by atoms with E-state index in [9.17, 15) is 0 Å². The number of nitrogens with zero attached hydrogens (tertiary/aromatic N) is 1. The molecule has 2 nitrogen and oxygen atoms in total. The molecule has 1 atom stereocenters. The van der Waals surface area contributed by atoms with Crippen LogP contribution in [0, 0.1) is 5.41 Å². The highest BCUT2D eigenvalue weighted by Gasteiger charge is 2.26. The van der Waals surface area contributed by atoms with Crippen molar-refractivity contribution >= 4 is 9.04 Å². The highest BCUT2D eigenvalue weighted by molar-refractivity contribution is 6.48. The first-order valence-electron chi connectivity index (χ1n) is 5.94. The summed E-state index contributed by atoms with van der Waals surface area (Å²) in [5, 5.41) is 0. The van der Waals surface area contributed by atoms with Gasteiger partial charge in [-0.25, -0.2) is 0 Å². The molecule has 1 aromatic rings. The molecule has 1 rings (SSSR count). The van der Waals surface area contributed by atoms with Crippen molar-refractivity contribution in [3.05, 3.63) is 30.1 Å². The molecule has 0 N–H and O–H groups in total. The normalized spacial score (nSPS) is 14.1. The Morgan fingerprint density at radius 1 is 1.25 bits per heavy atom. The van der Waals surface area contributed by atoms with Crippen LogP contribution >= 0.6 is 0 Å². The molecule has 0 aliphatic carbocycles. The Bertz CT molecular complexity index is 305. The second-order valence-corrected chi connectivity index (χ2v) is 7.97. The molecule has 1 aromatic heterocycles. The number of hydrogen-bond donors (Lipinski definition) is 0. The minimum atomic E-state index is -0.985. The smallest absolute Gasteiger partial charge is 0.171 e. The van der Waals surface area contributed by atoms with Gasteiger partial charge in [-0.15, -0.1) is 0 Å². The van der Waals surface area contributed by atoms with Crippen molar-refractivity contribution in [3.8, 4) is 0 Å². The van der Waals surface area contributed by atoms with E-state index in [-0.39, 0.29) is 5.41 Å². The molecule has 0 aliphatic rings. The van der Waals surface area contributed by atoms with Crippen LogP contribution in [0.5, 0.6) is 0 Å². The van der Waals surface area contributed by atoms with E-state index < -0.39 is 9.04 Å². The SMILES string of the molecule is C[SiH](C)OC(Cc1ccncc1)C(C)(C)C.